The van der Waals surface area contributed by atoms with Gasteiger partial charge in [-0.1, -0.05) is 19.3 Å². The Bertz CT molecular complexity index is 277. The Kier molecular flexibility index (Phi) is 5.01. The van der Waals surface area contributed by atoms with Gasteiger partial charge in [0.05, 0.1) is 6.61 Å². The van der Waals surface area contributed by atoms with Crippen molar-refractivity contribution in [3.8, 4) is 0 Å². The normalized spacial score (nSPS) is 28.8. The fourth-order valence-electron chi connectivity index (χ4n) is 3.65. The van der Waals surface area contributed by atoms with Gasteiger partial charge in [-0.05, 0) is 38.1 Å². The topological polar surface area (TPSA) is 66.6 Å². The molecule has 0 bridgehead atoms. The Labute approximate surface area is 110 Å². The van der Waals surface area contributed by atoms with Crippen molar-refractivity contribution >= 4 is 5.91 Å². The molecule has 0 aromatic carbocycles. The van der Waals surface area contributed by atoms with Gasteiger partial charge in [0.25, 0.3) is 0 Å². The molecule has 4 heteroatoms. The highest BCUT2D eigenvalue weighted by Crippen LogP contribution is 2.34. The summed E-state index contributed by atoms with van der Waals surface area (Å²) < 4.78 is 0. The Hall–Kier alpha value is -0.610. The van der Waals surface area contributed by atoms with E-state index in [1.165, 1.54) is 12.8 Å². The van der Waals surface area contributed by atoms with E-state index in [4.69, 9.17) is 5.73 Å². The van der Waals surface area contributed by atoms with Gasteiger partial charge in [0, 0.05) is 18.5 Å². The van der Waals surface area contributed by atoms with Crippen LogP contribution in [-0.4, -0.2) is 41.7 Å². The predicted octanol–water partition coefficient (Wildman–Crippen LogP) is 1.12. The summed E-state index contributed by atoms with van der Waals surface area (Å²) in [5.41, 5.74) is 5.77. The first-order valence-electron chi connectivity index (χ1n) is 7.39. The van der Waals surface area contributed by atoms with Crippen LogP contribution in [0.5, 0.6) is 0 Å². The fourth-order valence-corrected chi connectivity index (χ4v) is 3.65. The summed E-state index contributed by atoms with van der Waals surface area (Å²) in [5, 5.41) is 9.19. The van der Waals surface area contributed by atoms with Crippen LogP contribution in [0.25, 0.3) is 0 Å². The van der Waals surface area contributed by atoms with Gasteiger partial charge in [-0.25, -0.2) is 0 Å². The van der Waals surface area contributed by atoms with Gasteiger partial charge in [-0.3, -0.25) is 4.79 Å². The van der Waals surface area contributed by atoms with E-state index < -0.39 is 0 Å². The number of nitrogens with two attached hydrogens (primary N) is 1. The number of hydrogen-bond acceptors (Lipinski definition) is 3. The van der Waals surface area contributed by atoms with Crippen LogP contribution >= 0.6 is 0 Å². The fraction of sp³-hybridized carbons (Fsp3) is 0.929. The van der Waals surface area contributed by atoms with Crippen molar-refractivity contribution in [1.29, 1.82) is 0 Å². The van der Waals surface area contributed by atoms with Crippen LogP contribution in [0.4, 0.5) is 0 Å². The van der Waals surface area contributed by atoms with Crippen LogP contribution < -0.4 is 5.73 Å². The standard InChI is InChI=1S/C14H26N2O2/c15-10-11-4-3-7-13(11)14(18)16(8-9-17)12-5-1-2-6-12/h11-13,17H,1-10,15H2. The molecule has 2 aliphatic carbocycles. The van der Waals surface area contributed by atoms with Gasteiger partial charge in [-0.15, -0.1) is 0 Å². The number of carbonyl (C=O) groups is 1. The van der Waals surface area contributed by atoms with Gasteiger partial charge >= 0.3 is 0 Å². The molecule has 1 amide bonds. The molecule has 2 aliphatic rings. The molecule has 4 nitrogen and oxygen atoms in total. The molecule has 2 fully saturated rings. The molecule has 0 radical (unpaired) electrons. The molecule has 0 saturated heterocycles. The van der Waals surface area contributed by atoms with Gasteiger partial charge in [0.2, 0.25) is 5.91 Å². The number of aliphatic hydroxyl groups excluding tert-OH is 1. The third-order valence-corrected chi connectivity index (χ3v) is 4.67. The van der Waals surface area contributed by atoms with Gasteiger partial charge in [0.1, 0.15) is 0 Å². The SMILES string of the molecule is NCC1CCCC1C(=O)N(CCO)C1CCCC1. The van der Waals surface area contributed by atoms with Crippen LogP contribution in [0, 0.1) is 11.8 Å². The highest BCUT2D eigenvalue weighted by Gasteiger charge is 2.37. The number of amides is 1. The average Bonchev–Trinajstić information content (AvgIpc) is 3.05. The quantitative estimate of drug-likeness (QED) is 0.773. The van der Waals surface area contributed by atoms with Crippen LogP contribution in [-0.2, 0) is 4.79 Å². The number of rotatable bonds is 5. The molecule has 0 spiro atoms. The summed E-state index contributed by atoms with van der Waals surface area (Å²) in [5.74, 6) is 0.728. The lowest BCUT2D eigenvalue weighted by atomic mass is 9.94. The molecule has 0 aromatic heterocycles. The zero-order chi connectivity index (χ0) is 13.0. The molecule has 2 saturated carbocycles. The highest BCUT2D eigenvalue weighted by molar-refractivity contribution is 5.80. The maximum atomic E-state index is 12.7. The maximum Gasteiger partial charge on any atom is 0.226 e. The first-order chi connectivity index (χ1) is 8.77. The van der Waals surface area contributed by atoms with E-state index in [1.54, 1.807) is 0 Å². The molecule has 2 unspecified atom stereocenters. The Morgan fingerprint density at radius 3 is 2.50 bits per heavy atom. The minimum Gasteiger partial charge on any atom is -0.395 e. The van der Waals surface area contributed by atoms with Gasteiger partial charge in [0.15, 0.2) is 0 Å². The Morgan fingerprint density at radius 1 is 1.17 bits per heavy atom. The lowest BCUT2D eigenvalue weighted by Crippen LogP contribution is -2.45. The number of hydrogen-bond donors (Lipinski definition) is 2. The first-order valence-corrected chi connectivity index (χ1v) is 7.39. The van der Waals surface area contributed by atoms with Crippen LogP contribution in [0.1, 0.15) is 44.9 Å². The second-order valence-electron chi connectivity index (χ2n) is 5.73. The van der Waals surface area contributed by atoms with E-state index in [9.17, 15) is 9.90 Å². The zero-order valence-electron chi connectivity index (χ0n) is 11.2. The summed E-state index contributed by atoms with van der Waals surface area (Å²) in [4.78, 5) is 14.6. The molecule has 2 atom stereocenters. The lowest BCUT2D eigenvalue weighted by molar-refractivity contribution is -0.139. The van der Waals surface area contributed by atoms with Crippen molar-refractivity contribution in [2.45, 2.75) is 51.0 Å². The number of nitrogens with zero attached hydrogens (tertiary/aromatic N) is 1. The monoisotopic (exact) mass is 254 g/mol. The largest absolute Gasteiger partial charge is 0.395 e. The first kappa shape index (κ1) is 13.8. The smallest absolute Gasteiger partial charge is 0.226 e. The van der Waals surface area contributed by atoms with E-state index >= 15 is 0 Å². The minimum absolute atomic E-state index is 0.0717. The molecule has 2 rings (SSSR count). The van der Waals surface area contributed by atoms with E-state index in [1.807, 2.05) is 4.90 Å². The van der Waals surface area contributed by atoms with Crippen molar-refractivity contribution < 1.29 is 9.90 Å². The summed E-state index contributed by atoms with van der Waals surface area (Å²) in [7, 11) is 0. The summed E-state index contributed by atoms with van der Waals surface area (Å²) in [6.45, 7) is 1.19. The molecule has 18 heavy (non-hydrogen) atoms. The molecule has 0 aromatic rings. The Balaban J connectivity index is 2.02. The molecule has 104 valence electrons. The van der Waals surface area contributed by atoms with Crippen LogP contribution in [0.2, 0.25) is 0 Å². The number of carbonyl (C=O) groups excluding carboxylic acids is 1. The highest BCUT2D eigenvalue weighted by atomic mass is 16.3. The van der Waals surface area contributed by atoms with Crippen molar-refractivity contribution in [3.05, 3.63) is 0 Å². The van der Waals surface area contributed by atoms with E-state index in [2.05, 4.69) is 0 Å². The molecule has 3 N–H and O–H groups in total. The number of aliphatic hydroxyl groups is 1. The summed E-state index contributed by atoms with van der Waals surface area (Å²) in [6, 6.07) is 0.365. The summed E-state index contributed by atoms with van der Waals surface area (Å²) >= 11 is 0. The molecular formula is C14H26N2O2. The lowest BCUT2D eigenvalue weighted by Gasteiger charge is -2.32. The van der Waals surface area contributed by atoms with E-state index in [0.29, 0.717) is 25.0 Å². The van der Waals surface area contributed by atoms with Crippen molar-refractivity contribution in [1.82, 2.24) is 4.90 Å². The second-order valence-corrected chi connectivity index (χ2v) is 5.73. The van der Waals surface area contributed by atoms with E-state index in [-0.39, 0.29) is 18.4 Å². The second kappa shape index (κ2) is 6.53. The summed E-state index contributed by atoms with van der Waals surface area (Å²) in [6.07, 6.45) is 7.82. The van der Waals surface area contributed by atoms with Crippen LogP contribution in [0.15, 0.2) is 0 Å². The van der Waals surface area contributed by atoms with Crippen molar-refractivity contribution in [2.24, 2.45) is 17.6 Å². The zero-order valence-corrected chi connectivity index (χ0v) is 11.2. The van der Waals surface area contributed by atoms with Crippen molar-refractivity contribution in [2.75, 3.05) is 19.7 Å². The maximum absolute atomic E-state index is 12.7. The van der Waals surface area contributed by atoms with Gasteiger partial charge < -0.3 is 15.7 Å². The molecule has 0 aliphatic heterocycles. The van der Waals surface area contributed by atoms with Crippen LogP contribution in [0.3, 0.4) is 0 Å². The third kappa shape index (κ3) is 2.86. The van der Waals surface area contributed by atoms with Crippen molar-refractivity contribution in [3.63, 3.8) is 0 Å². The molecule has 0 heterocycles. The Morgan fingerprint density at radius 2 is 1.89 bits per heavy atom. The van der Waals surface area contributed by atoms with E-state index in [0.717, 1.165) is 32.1 Å². The predicted molar refractivity (Wildman–Crippen MR) is 70.9 cm³/mol. The molecular weight excluding hydrogens is 228 g/mol. The van der Waals surface area contributed by atoms with Gasteiger partial charge in [-0.2, -0.15) is 0 Å². The average molecular weight is 254 g/mol. The minimum atomic E-state index is 0.0717. The third-order valence-electron chi connectivity index (χ3n) is 4.67.